The zero-order valence-electron chi connectivity index (χ0n) is 9.75. The number of halogens is 2. The van der Waals surface area contributed by atoms with Crippen LogP contribution < -0.4 is 5.32 Å². The quantitative estimate of drug-likeness (QED) is 0.543. The van der Waals surface area contributed by atoms with Crippen molar-refractivity contribution in [1.82, 2.24) is 5.32 Å². The highest BCUT2D eigenvalue weighted by Crippen LogP contribution is 2.09. The Kier molecular flexibility index (Phi) is 12.7. The van der Waals surface area contributed by atoms with Gasteiger partial charge in [-0.25, -0.2) is 8.78 Å². The van der Waals surface area contributed by atoms with Crippen LogP contribution in [0.3, 0.4) is 0 Å². The molecule has 0 radical (unpaired) electrons. The maximum absolute atomic E-state index is 11.6. The smallest absolute Gasteiger partial charge is 0.264 e. The summed E-state index contributed by atoms with van der Waals surface area (Å²) in [4.78, 5) is 0. The minimum Gasteiger partial charge on any atom is -0.323 e. The summed E-state index contributed by atoms with van der Waals surface area (Å²) < 4.78 is 51.9. The highest BCUT2D eigenvalue weighted by molar-refractivity contribution is 7.85. The van der Waals surface area contributed by atoms with Gasteiger partial charge in [0, 0.05) is 6.42 Å². The van der Waals surface area contributed by atoms with Crippen LogP contribution >= 0.6 is 0 Å². The van der Waals surface area contributed by atoms with E-state index in [1.165, 1.54) is 0 Å². The summed E-state index contributed by atoms with van der Waals surface area (Å²) in [6, 6.07) is 0. The molecule has 7 heteroatoms. The van der Waals surface area contributed by atoms with Crippen LogP contribution in [0.15, 0.2) is 0 Å². The van der Waals surface area contributed by atoms with E-state index in [1.54, 1.807) is 0 Å². The van der Waals surface area contributed by atoms with Crippen LogP contribution in [0.2, 0.25) is 0 Å². The molecule has 0 saturated carbocycles. The molecule has 0 aliphatic carbocycles. The number of nitrogens with one attached hydrogen (secondary N) is 1. The van der Waals surface area contributed by atoms with Crippen molar-refractivity contribution in [3.8, 4) is 0 Å². The lowest BCUT2D eigenvalue weighted by molar-refractivity contribution is 0.134. The standard InChI is InChI=1S/C7H14F2O3S.C2H7N/c8-7(9)5-3-1-2-4-6-13(10,11)12;1-3-2/h7H,1-6H2,(H,10,11,12);3H,1-2H3. The second-order valence-corrected chi connectivity index (χ2v) is 4.95. The first-order valence-electron chi connectivity index (χ1n) is 5.15. The first kappa shape index (κ1) is 18.1. The largest absolute Gasteiger partial charge is 0.323 e. The van der Waals surface area contributed by atoms with E-state index >= 15 is 0 Å². The van der Waals surface area contributed by atoms with Gasteiger partial charge in [0.05, 0.1) is 5.75 Å². The van der Waals surface area contributed by atoms with Gasteiger partial charge in [-0.2, -0.15) is 8.42 Å². The van der Waals surface area contributed by atoms with Crippen LogP contribution in [0.25, 0.3) is 0 Å². The van der Waals surface area contributed by atoms with E-state index in [0.717, 1.165) is 0 Å². The van der Waals surface area contributed by atoms with Crippen LogP contribution in [-0.4, -0.2) is 39.2 Å². The average Bonchev–Trinajstić information content (AvgIpc) is 2.10. The SMILES string of the molecule is CNC.O=S(=O)(O)CCCCCCC(F)F. The molecule has 0 aromatic heterocycles. The Morgan fingerprint density at radius 3 is 1.94 bits per heavy atom. The van der Waals surface area contributed by atoms with Crippen molar-refractivity contribution >= 4 is 10.1 Å². The Morgan fingerprint density at radius 2 is 1.56 bits per heavy atom. The molecular weight excluding hydrogens is 240 g/mol. The second-order valence-electron chi connectivity index (χ2n) is 3.38. The lowest BCUT2D eigenvalue weighted by Gasteiger charge is -1.99. The maximum atomic E-state index is 11.6. The van der Waals surface area contributed by atoms with Gasteiger partial charge in [-0.3, -0.25) is 4.55 Å². The molecule has 0 aliphatic rings. The van der Waals surface area contributed by atoms with Crippen molar-refractivity contribution < 1.29 is 21.8 Å². The predicted octanol–water partition coefficient (Wildman–Crippen LogP) is 1.93. The van der Waals surface area contributed by atoms with Gasteiger partial charge in [-0.05, 0) is 26.9 Å². The van der Waals surface area contributed by atoms with Gasteiger partial charge in [-0.15, -0.1) is 0 Å². The molecule has 0 saturated heterocycles. The topological polar surface area (TPSA) is 66.4 Å². The summed E-state index contributed by atoms with van der Waals surface area (Å²) in [6.45, 7) is 0. The highest BCUT2D eigenvalue weighted by Gasteiger charge is 2.04. The Balaban J connectivity index is 0. The average molecular weight is 261 g/mol. The van der Waals surface area contributed by atoms with Gasteiger partial charge < -0.3 is 5.32 Å². The lowest BCUT2D eigenvalue weighted by atomic mass is 10.2. The summed E-state index contributed by atoms with van der Waals surface area (Å²) in [5.74, 6) is -0.276. The molecule has 0 aromatic rings. The molecule has 0 heterocycles. The normalized spacial score (nSPS) is 11.1. The maximum Gasteiger partial charge on any atom is 0.264 e. The summed E-state index contributed by atoms with van der Waals surface area (Å²) in [5.41, 5.74) is 0. The molecule has 0 aliphatic heterocycles. The van der Waals surface area contributed by atoms with Crippen molar-refractivity contribution in [3.05, 3.63) is 0 Å². The fraction of sp³-hybridized carbons (Fsp3) is 1.00. The van der Waals surface area contributed by atoms with E-state index in [9.17, 15) is 17.2 Å². The van der Waals surface area contributed by atoms with Crippen molar-refractivity contribution in [2.45, 2.75) is 38.5 Å². The molecule has 0 bridgehead atoms. The number of unbranched alkanes of at least 4 members (excludes halogenated alkanes) is 3. The molecule has 0 rings (SSSR count). The molecule has 2 N–H and O–H groups in total. The van der Waals surface area contributed by atoms with Gasteiger partial charge in [0.25, 0.3) is 10.1 Å². The third-order valence-corrected chi connectivity index (χ3v) is 2.38. The highest BCUT2D eigenvalue weighted by atomic mass is 32.2. The first-order valence-corrected chi connectivity index (χ1v) is 6.76. The Morgan fingerprint density at radius 1 is 1.12 bits per heavy atom. The summed E-state index contributed by atoms with van der Waals surface area (Å²) in [6.07, 6.45) is -0.523. The molecule has 0 amide bonds. The van der Waals surface area contributed by atoms with Gasteiger partial charge in [-0.1, -0.05) is 12.8 Å². The predicted molar refractivity (Wildman–Crippen MR) is 60.5 cm³/mol. The fourth-order valence-electron chi connectivity index (χ4n) is 0.937. The minimum absolute atomic E-state index is 0.133. The molecule has 16 heavy (non-hydrogen) atoms. The zero-order valence-corrected chi connectivity index (χ0v) is 10.6. The van der Waals surface area contributed by atoms with E-state index in [4.69, 9.17) is 4.55 Å². The molecular formula is C9H21F2NO3S. The summed E-state index contributed by atoms with van der Waals surface area (Å²) >= 11 is 0. The van der Waals surface area contributed by atoms with Crippen molar-refractivity contribution in [1.29, 1.82) is 0 Å². The number of hydrogen-bond donors (Lipinski definition) is 2. The van der Waals surface area contributed by atoms with Crippen LogP contribution in [0.5, 0.6) is 0 Å². The number of hydrogen-bond acceptors (Lipinski definition) is 3. The molecule has 100 valence electrons. The zero-order chi connectivity index (χ0) is 13.0. The Labute approximate surface area is 96.2 Å². The van der Waals surface area contributed by atoms with E-state index in [0.29, 0.717) is 25.7 Å². The summed E-state index contributed by atoms with van der Waals surface area (Å²) in [5, 5.41) is 2.75. The Hall–Kier alpha value is -0.270. The number of rotatable bonds is 7. The summed E-state index contributed by atoms with van der Waals surface area (Å²) in [7, 11) is -0.126. The molecule has 0 atom stereocenters. The van der Waals surface area contributed by atoms with Crippen LogP contribution in [-0.2, 0) is 10.1 Å². The van der Waals surface area contributed by atoms with Gasteiger partial charge in [0.1, 0.15) is 0 Å². The van der Waals surface area contributed by atoms with Crippen LogP contribution in [0, 0.1) is 0 Å². The van der Waals surface area contributed by atoms with E-state index in [1.807, 2.05) is 14.1 Å². The monoisotopic (exact) mass is 261 g/mol. The van der Waals surface area contributed by atoms with Crippen molar-refractivity contribution in [2.24, 2.45) is 0 Å². The fourth-order valence-corrected chi connectivity index (χ4v) is 1.51. The van der Waals surface area contributed by atoms with E-state index in [2.05, 4.69) is 5.32 Å². The molecule has 4 nitrogen and oxygen atoms in total. The molecule has 0 spiro atoms. The minimum atomic E-state index is -3.88. The van der Waals surface area contributed by atoms with Gasteiger partial charge in [0.2, 0.25) is 6.43 Å². The van der Waals surface area contributed by atoms with E-state index < -0.39 is 16.5 Å². The first-order chi connectivity index (χ1) is 7.33. The number of alkyl halides is 2. The van der Waals surface area contributed by atoms with Crippen molar-refractivity contribution in [2.75, 3.05) is 19.8 Å². The second kappa shape index (κ2) is 11.2. The molecule has 0 aromatic carbocycles. The van der Waals surface area contributed by atoms with Crippen LogP contribution in [0.4, 0.5) is 8.78 Å². The van der Waals surface area contributed by atoms with E-state index in [-0.39, 0.29) is 12.2 Å². The lowest BCUT2D eigenvalue weighted by Crippen LogP contribution is -2.03. The third kappa shape index (κ3) is 23.5. The molecule has 0 fully saturated rings. The van der Waals surface area contributed by atoms with Gasteiger partial charge >= 0.3 is 0 Å². The Bertz CT molecular complexity index is 233. The van der Waals surface area contributed by atoms with Gasteiger partial charge in [0.15, 0.2) is 0 Å². The van der Waals surface area contributed by atoms with Crippen LogP contribution in [0.1, 0.15) is 32.1 Å². The third-order valence-electron chi connectivity index (χ3n) is 1.57. The molecule has 0 unspecified atom stereocenters. The van der Waals surface area contributed by atoms with Crippen molar-refractivity contribution in [3.63, 3.8) is 0 Å².